The van der Waals surface area contributed by atoms with Crippen molar-refractivity contribution < 1.29 is 4.39 Å². The minimum Gasteiger partial charge on any atom is -0.306 e. The summed E-state index contributed by atoms with van der Waals surface area (Å²) < 4.78 is 14.1. The monoisotopic (exact) mass is 283 g/mol. The van der Waals surface area contributed by atoms with Gasteiger partial charge in [-0.05, 0) is 36.5 Å². The predicted octanol–water partition coefficient (Wildman–Crippen LogP) is 4.55. The summed E-state index contributed by atoms with van der Waals surface area (Å²) in [5.74, 6) is -0.339. The zero-order chi connectivity index (χ0) is 13.1. The van der Waals surface area contributed by atoms with Crippen LogP contribution in [0.2, 0.25) is 5.02 Å². The number of benzene rings is 1. The van der Waals surface area contributed by atoms with Crippen molar-refractivity contribution in [1.82, 2.24) is 5.32 Å². The lowest BCUT2D eigenvalue weighted by Crippen LogP contribution is -2.22. The van der Waals surface area contributed by atoms with Gasteiger partial charge in [-0.3, -0.25) is 0 Å². The van der Waals surface area contributed by atoms with E-state index in [0.29, 0.717) is 5.56 Å². The van der Waals surface area contributed by atoms with Crippen molar-refractivity contribution in [3.63, 3.8) is 0 Å². The molecule has 0 aliphatic heterocycles. The van der Waals surface area contributed by atoms with E-state index in [-0.39, 0.29) is 16.9 Å². The Hall–Kier alpha value is -0.900. The third-order valence-electron chi connectivity index (χ3n) is 2.78. The highest BCUT2D eigenvalue weighted by Gasteiger charge is 2.19. The van der Waals surface area contributed by atoms with Crippen LogP contribution in [0.15, 0.2) is 29.6 Å². The molecule has 1 heterocycles. The SMILES string of the molecule is CCNC(c1csc(C)c1)c1cccc(Cl)c1F. The van der Waals surface area contributed by atoms with Crippen LogP contribution < -0.4 is 5.32 Å². The molecule has 0 spiro atoms. The van der Waals surface area contributed by atoms with E-state index in [9.17, 15) is 4.39 Å². The van der Waals surface area contributed by atoms with Crippen molar-refractivity contribution in [2.75, 3.05) is 6.54 Å². The third kappa shape index (κ3) is 2.74. The van der Waals surface area contributed by atoms with E-state index in [0.717, 1.165) is 12.1 Å². The molecule has 0 bridgehead atoms. The minimum absolute atomic E-state index is 0.140. The summed E-state index contributed by atoms with van der Waals surface area (Å²) in [6.07, 6.45) is 0. The molecule has 1 nitrogen and oxygen atoms in total. The van der Waals surface area contributed by atoms with E-state index < -0.39 is 0 Å². The summed E-state index contributed by atoms with van der Waals surface area (Å²) in [6, 6.07) is 7.07. The van der Waals surface area contributed by atoms with Crippen molar-refractivity contribution in [3.8, 4) is 0 Å². The molecular weight excluding hydrogens is 269 g/mol. The Bertz CT molecular complexity index is 538. The first kappa shape index (κ1) is 13.5. The Kier molecular flexibility index (Phi) is 4.38. The molecule has 96 valence electrons. The Labute approximate surface area is 116 Å². The van der Waals surface area contributed by atoms with Crippen LogP contribution in [0.1, 0.15) is 29.0 Å². The lowest BCUT2D eigenvalue weighted by atomic mass is 10.0. The molecule has 2 aromatic rings. The fourth-order valence-electron chi connectivity index (χ4n) is 1.97. The molecule has 1 unspecified atom stereocenters. The molecular formula is C14H15ClFNS. The smallest absolute Gasteiger partial charge is 0.146 e. The number of halogens is 2. The van der Waals surface area contributed by atoms with Gasteiger partial charge in [-0.1, -0.05) is 30.7 Å². The zero-order valence-corrected chi connectivity index (χ0v) is 11.9. The van der Waals surface area contributed by atoms with Gasteiger partial charge in [0.05, 0.1) is 11.1 Å². The highest BCUT2D eigenvalue weighted by Crippen LogP contribution is 2.30. The van der Waals surface area contributed by atoms with Crippen molar-refractivity contribution >= 4 is 22.9 Å². The largest absolute Gasteiger partial charge is 0.306 e. The Morgan fingerprint density at radius 1 is 1.44 bits per heavy atom. The number of aryl methyl sites for hydroxylation is 1. The number of nitrogens with one attached hydrogen (secondary N) is 1. The van der Waals surface area contributed by atoms with Crippen molar-refractivity contribution in [2.45, 2.75) is 19.9 Å². The summed E-state index contributed by atoms with van der Waals surface area (Å²) in [5.41, 5.74) is 1.68. The second-order valence-corrected chi connectivity index (χ2v) is 5.65. The normalized spacial score (nSPS) is 12.7. The van der Waals surface area contributed by atoms with Gasteiger partial charge in [0.1, 0.15) is 5.82 Å². The highest BCUT2D eigenvalue weighted by molar-refractivity contribution is 7.10. The molecule has 18 heavy (non-hydrogen) atoms. The zero-order valence-electron chi connectivity index (χ0n) is 10.3. The van der Waals surface area contributed by atoms with Crippen molar-refractivity contribution in [2.24, 2.45) is 0 Å². The van der Waals surface area contributed by atoms with Gasteiger partial charge < -0.3 is 5.32 Å². The molecule has 1 N–H and O–H groups in total. The number of hydrogen-bond acceptors (Lipinski definition) is 2. The number of hydrogen-bond donors (Lipinski definition) is 1. The highest BCUT2D eigenvalue weighted by atomic mass is 35.5. The number of thiophene rings is 1. The van der Waals surface area contributed by atoms with Gasteiger partial charge in [-0.15, -0.1) is 11.3 Å². The standard InChI is InChI=1S/C14H15ClFNS/c1-3-17-14(10-7-9(2)18-8-10)11-5-4-6-12(15)13(11)16/h4-8,14,17H,3H2,1-2H3. The van der Waals surface area contributed by atoms with E-state index in [1.54, 1.807) is 29.5 Å². The quantitative estimate of drug-likeness (QED) is 0.868. The van der Waals surface area contributed by atoms with Crippen LogP contribution in [0.3, 0.4) is 0 Å². The lowest BCUT2D eigenvalue weighted by Gasteiger charge is -2.18. The van der Waals surface area contributed by atoms with Crippen molar-refractivity contribution in [1.29, 1.82) is 0 Å². The average molecular weight is 284 g/mol. The fraction of sp³-hybridized carbons (Fsp3) is 0.286. The molecule has 0 saturated heterocycles. The van der Waals surface area contributed by atoms with E-state index in [4.69, 9.17) is 11.6 Å². The van der Waals surface area contributed by atoms with Crippen LogP contribution >= 0.6 is 22.9 Å². The minimum atomic E-state index is -0.339. The first-order chi connectivity index (χ1) is 8.63. The molecule has 2 rings (SSSR count). The van der Waals surface area contributed by atoms with Gasteiger partial charge in [0.2, 0.25) is 0 Å². The first-order valence-corrected chi connectivity index (χ1v) is 7.11. The molecule has 1 atom stereocenters. The summed E-state index contributed by atoms with van der Waals surface area (Å²) in [6.45, 7) is 4.83. The van der Waals surface area contributed by atoms with E-state index >= 15 is 0 Å². The van der Waals surface area contributed by atoms with Crippen LogP contribution in [0.25, 0.3) is 0 Å². The molecule has 0 radical (unpaired) electrons. The van der Waals surface area contributed by atoms with E-state index in [2.05, 4.69) is 16.8 Å². The third-order valence-corrected chi connectivity index (χ3v) is 3.96. The van der Waals surface area contributed by atoms with Gasteiger partial charge in [0.15, 0.2) is 0 Å². The van der Waals surface area contributed by atoms with E-state index in [1.807, 2.05) is 13.8 Å². The molecule has 0 aliphatic carbocycles. The van der Waals surface area contributed by atoms with Crippen LogP contribution in [0.4, 0.5) is 4.39 Å². The second kappa shape index (κ2) is 5.83. The topological polar surface area (TPSA) is 12.0 Å². The Balaban J connectivity index is 2.44. The fourth-order valence-corrected chi connectivity index (χ4v) is 2.88. The van der Waals surface area contributed by atoms with E-state index in [1.165, 1.54) is 4.88 Å². The predicted molar refractivity (Wildman–Crippen MR) is 76.0 cm³/mol. The summed E-state index contributed by atoms with van der Waals surface area (Å²) in [5, 5.41) is 5.53. The average Bonchev–Trinajstić information content (AvgIpc) is 2.77. The van der Waals surface area contributed by atoms with Gasteiger partial charge >= 0.3 is 0 Å². The van der Waals surface area contributed by atoms with Gasteiger partial charge in [0.25, 0.3) is 0 Å². The molecule has 0 aliphatic rings. The van der Waals surface area contributed by atoms with Gasteiger partial charge in [0, 0.05) is 10.4 Å². The maximum absolute atomic E-state index is 14.1. The summed E-state index contributed by atoms with van der Waals surface area (Å²) in [4.78, 5) is 1.22. The van der Waals surface area contributed by atoms with Gasteiger partial charge in [-0.25, -0.2) is 4.39 Å². The maximum atomic E-state index is 14.1. The Morgan fingerprint density at radius 2 is 2.22 bits per heavy atom. The molecule has 1 aromatic carbocycles. The molecule has 1 aromatic heterocycles. The molecule has 4 heteroatoms. The Morgan fingerprint density at radius 3 is 2.83 bits per heavy atom. The van der Waals surface area contributed by atoms with Gasteiger partial charge in [-0.2, -0.15) is 0 Å². The molecule has 0 amide bonds. The lowest BCUT2D eigenvalue weighted by molar-refractivity contribution is 0.560. The summed E-state index contributed by atoms with van der Waals surface area (Å²) >= 11 is 7.52. The van der Waals surface area contributed by atoms with Crippen LogP contribution in [-0.2, 0) is 0 Å². The second-order valence-electron chi connectivity index (χ2n) is 4.12. The molecule has 0 fully saturated rings. The molecule has 0 saturated carbocycles. The summed E-state index contributed by atoms with van der Waals surface area (Å²) in [7, 11) is 0. The first-order valence-electron chi connectivity index (χ1n) is 5.85. The van der Waals surface area contributed by atoms with Crippen LogP contribution in [0.5, 0.6) is 0 Å². The number of rotatable bonds is 4. The van der Waals surface area contributed by atoms with Crippen molar-refractivity contribution in [3.05, 3.63) is 56.5 Å². The maximum Gasteiger partial charge on any atom is 0.146 e. The van der Waals surface area contributed by atoms with Crippen LogP contribution in [0, 0.1) is 12.7 Å². The van der Waals surface area contributed by atoms with Crippen LogP contribution in [-0.4, -0.2) is 6.54 Å².